The van der Waals surface area contributed by atoms with Crippen molar-refractivity contribution in [1.29, 1.82) is 0 Å². The number of hydrogen-bond acceptors (Lipinski definition) is 1. The minimum Gasteiger partial charge on any atom is -0.306 e. The zero-order valence-corrected chi connectivity index (χ0v) is 8.56. The fourth-order valence-corrected chi connectivity index (χ4v) is 1.38. The van der Waals surface area contributed by atoms with Gasteiger partial charge in [0.2, 0.25) is 0 Å². The molecule has 1 nitrogen and oxygen atoms in total. The normalized spacial score (nSPS) is 25.7. The van der Waals surface area contributed by atoms with E-state index in [9.17, 15) is 4.39 Å². The predicted octanol–water partition coefficient (Wildman–Crippen LogP) is 2.78. The van der Waals surface area contributed by atoms with Gasteiger partial charge in [0.15, 0.2) is 0 Å². The Morgan fingerprint density at radius 3 is 1.92 bits per heavy atom. The first-order valence-electron chi connectivity index (χ1n) is 5.17. The van der Waals surface area contributed by atoms with Crippen LogP contribution in [-0.2, 0) is 0 Å². The topological polar surface area (TPSA) is 3.24 Å². The van der Waals surface area contributed by atoms with Gasteiger partial charge in [0.05, 0.1) is 0 Å². The summed E-state index contributed by atoms with van der Waals surface area (Å²) in [5.41, 5.74) is -0.944. The second-order valence-electron chi connectivity index (χ2n) is 4.10. The molecule has 1 saturated carbocycles. The number of rotatable bonds is 1. The van der Waals surface area contributed by atoms with Crippen LogP contribution in [0.1, 0.15) is 32.1 Å². The van der Waals surface area contributed by atoms with E-state index >= 15 is 0 Å². The number of alkyl halides is 1. The van der Waals surface area contributed by atoms with Gasteiger partial charge in [0.1, 0.15) is 5.67 Å². The molecule has 2 heteroatoms. The van der Waals surface area contributed by atoms with Gasteiger partial charge in [0, 0.05) is 0 Å². The van der Waals surface area contributed by atoms with Crippen LogP contribution in [-0.4, -0.2) is 30.7 Å². The van der Waals surface area contributed by atoms with E-state index in [0.717, 1.165) is 0 Å². The number of nitrogens with zero attached hydrogens (tertiary/aromatic N) is 1. The molecule has 2 fully saturated rings. The summed E-state index contributed by atoms with van der Waals surface area (Å²) in [5.74, 6) is 0. The minimum atomic E-state index is -0.944. The van der Waals surface area contributed by atoms with Crippen LogP contribution in [0.3, 0.4) is 0 Å². The Morgan fingerprint density at radius 2 is 1.77 bits per heavy atom. The van der Waals surface area contributed by atoms with Crippen molar-refractivity contribution in [2.75, 3.05) is 20.1 Å². The maximum Gasteiger partial charge on any atom is 0.129 e. The first kappa shape index (κ1) is 10.7. The van der Waals surface area contributed by atoms with Crippen molar-refractivity contribution < 1.29 is 4.39 Å². The van der Waals surface area contributed by atoms with E-state index in [1.54, 1.807) is 0 Å². The van der Waals surface area contributed by atoms with E-state index in [1.165, 1.54) is 38.4 Å². The predicted molar refractivity (Wildman–Crippen MR) is 54.6 cm³/mol. The van der Waals surface area contributed by atoms with Crippen LogP contribution in [0.15, 0.2) is 12.7 Å². The highest BCUT2D eigenvalue weighted by Gasteiger charge is 2.39. The molecule has 0 aromatic rings. The molecule has 13 heavy (non-hydrogen) atoms. The summed E-state index contributed by atoms with van der Waals surface area (Å²) in [6.07, 6.45) is 7.04. The van der Waals surface area contributed by atoms with Gasteiger partial charge in [-0.05, 0) is 45.8 Å². The quantitative estimate of drug-likeness (QED) is 0.568. The maximum atomic E-state index is 12.1. The third-order valence-electron chi connectivity index (χ3n) is 2.67. The lowest BCUT2D eigenvalue weighted by atomic mass is 10.1. The Labute approximate surface area is 80.6 Å². The molecule has 1 heterocycles. The highest BCUT2D eigenvalue weighted by molar-refractivity contribution is 5.07. The van der Waals surface area contributed by atoms with Crippen LogP contribution in [0.4, 0.5) is 4.39 Å². The van der Waals surface area contributed by atoms with Crippen molar-refractivity contribution in [2.45, 2.75) is 37.8 Å². The molecule has 0 bridgehead atoms. The first-order valence-corrected chi connectivity index (χ1v) is 5.17. The van der Waals surface area contributed by atoms with Gasteiger partial charge in [-0.1, -0.05) is 19.1 Å². The van der Waals surface area contributed by atoms with Gasteiger partial charge in [-0.2, -0.15) is 0 Å². The van der Waals surface area contributed by atoms with E-state index in [4.69, 9.17) is 0 Å². The second kappa shape index (κ2) is 4.75. The Bertz CT molecular complexity index is 157. The maximum absolute atomic E-state index is 12.1. The smallest absolute Gasteiger partial charge is 0.129 e. The molecule has 0 N–H and O–H groups in total. The van der Waals surface area contributed by atoms with Gasteiger partial charge < -0.3 is 4.90 Å². The second-order valence-corrected chi connectivity index (χ2v) is 4.10. The molecule has 1 saturated heterocycles. The van der Waals surface area contributed by atoms with E-state index in [2.05, 4.69) is 18.5 Å². The van der Waals surface area contributed by atoms with Crippen LogP contribution < -0.4 is 0 Å². The van der Waals surface area contributed by atoms with Gasteiger partial charge in [-0.3, -0.25) is 0 Å². The fourth-order valence-electron chi connectivity index (χ4n) is 1.38. The molecule has 0 amide bonds. The number of likely N-dealkylation sites (tertiary alicyclic amines) is 1. The average Bonchev–Trinajstić information content (AvgIpc) is 2.87. The molecule has 76 valence electrons. The molecule has 2 aliphatic rings. The standard InChI is InChI=1S/C6H13N.C5H7F/c1-7-5-3-2-4-6-7;1-2-5(6)3-4-5/h2-6H2,1H3;2H,1,3-4H2. The molecule has 2 rings (SSSR count). The Balaban J connectivity index is 0.000000132. The van der Waals surface area contributed by atoms with Crippen molar-refractivity contribution >= 4 is 0 Å². The molecule has 0 aromatic heterocycles. The zero-order chi connectivity index (χ0) is 9.73. The molecular formula is C11H20FN. The molecule has 0 unspecified atom stereocenters. The van der Waals surface area contributed by atoms with E-state index < -0.39 is 5.67 Å². The van der Waals surface area contributed by atoms with Crippen LogP contribution >= 0.6 is 0 Å². The summed E-state index contributed by atoms with van der Waals surface area (Å²) in [6.45, 7) is 5.96. The molecule has 0 radical (unpaired) electrons. The van der Waals surface area contributed by atoms with E-state index in [-0.39, 0.29) is 0 Å². The minimum absolute atomic E-state index is 0.691. The van der Waals surface area contributed by atoms with Gasteiger partial charge in [-0.25, -0.2) is 4.39 Å². The largest absolute Gasteiger partial charge is 0.306 e. The van der Waals surface area contributed by atoms with Crippen molar-refractivity contribution in [2.24, 2.45) is 0 Å². The van der Waals surface area contributed by atoms with Crippen molar-refractivity contribution in [1.82, 2.24) is 4.90 Å². The lowest BCUT2D eigenvalue weighted by Crippen LogP contribution is -2.24. The molecule has 0 aromatic carbocycles. The molecule has 0 spiro atoms. The third kappa shape index (κ3) is 4.41. The summed E-state index contributed by atoms with van der Waals surface area (Å²) in [7, 11) is 2.19. The highest BCUT2D eigenvalue weighted by atomic mass is 19.1. The van der Waals surface area contributed by atoms with Gasteiger partial charge in [0.25, 0.3) is 0 Å². The van der Waals surface area contributed by atoms with E-state index in [1.807, 2.05) is 0 Å². The molecule has 1 aliphatic heterocycles. The summed E-state index contributed by atoms with van der Waals surface area (Å²) in [5, 5.41) is 0. The Hall–Kier alpha value is -0.370. The number of halogens is 1. The van der Waals surface area contributed by atoms with Gasteiger partial charge in [-0.15, -0.1) is 0 Å². The van der Waals surface area contributed by atoms with Crippen LogP contribution in [0, 0.1) is 0 Å². The zero-order valence-electron chi connectivity index (χ0n) is 8.56. The summed E-state index contributed by atoms with van der Waals surface area (Å²) >= 11 is 0. The van der Waals surface area contributed by atoms with Crippen molar-refractivity contribution in [3.05, 3.63) is 12.7 Å². The third-order valence-corrected chi connectivity index (χ3v) is 2.67. The number of piperidine rings is 1. The van der Waals surface area contributed by atoms with Crippen LogP contribution in [0.5, 0.6) is 0 Å². The summed E-state index contributed by atoms with van der Waals surface area (Å²) < 4.78 is 12.1. The molecule has 1 aliphatic carbocycles. The molecule has 0 atom stereocenters. The first-order chi connectivity index (χ1) is 6.16. The van der Waals surface area contributed by atoms with Crippen LogP contribution in [0.2, 0.25) is 0 Å². The van der Waals surface area contributed by atoms with Crippen LogP contribution in [0.25, 0.3) is 0 Å². The van der Waals surface area contributed by atoms with Crippen molar-refractivity contribution in [3.63, 3.8) is 0 Å². The lowest BCUT2D eigenvalue weighted by Gasteiger charge is -2.20. The fraction of sp³-hybridized carbons (Fsp3) is 0.818. The van der Waals surface area contributed by atoms with E-state index in [0.29, 0.717) is 12.8 Å². The monoisotopic (exact) mass is 185 g/mol. The molecular weight excluding hydrogens is 165 g/mol. The lowest BCUT2D eigenvalue weighted by molar-refractivity contribution is 0.277. The summed E-state index contributed by atoms with van der Waals surface area (Å²) in [4.78, 5) is 2.39. The number of hydrogen-bond donors (Lipinski definition) is 0. The Kier molecular flexibility index (Phi) is 3.91. The summed E-state index contributed by atoms with van der Waals surface area (Å²) in [6, 6.07) is 0. The number of allylic oxidation sites excluding steroid dienone is 1. The SMILES string of the molecule is C=CC1(F)CC1.CN1CCCCC1. The average molecular weight is 185 g/mol. The highest BCUT2D eigenvalue weighted by Crippen LogP contribution is 2.40. The van der Waals surface area contributed by atoms with Gasteiger partial charge >= 0.3 is 0 Å². The Morgan fingerprint density at radius 1 is 1.23 bits per heavy atom. The van der Waals surface area contributed by atoms with Crippen molar-refractivity contribution in [3.8, 4) is 0 Å².